The lowest BCUT2D eigenvalue weighted by Crippen LogP contribution is -2.34. The maximum Gasteiger partial charge on any atom is 0.0429 e. The standard InChI is InChI=1S/C13H20N2S/c1-15(7-8-16-2)10-12-9-11-5-3-4-6-13(11)14-12/h3-6,12,14H,7-10H2,1-2H3. The number of anilines is 1. The van der Waals surface area contributed by atoms with Gasteiger partial charge in [0.2, 0.25) is 0 Å². The van der Waals surface area contributed by atoms with Gasteiger partial charge in [0.05, 0.1) is 0 Å². The van der Waals surface area contributed by atoms with Crippen molar-refractivity contribution in [2.45, 2.75) is 12.5 Å². The Morgan fingerprint density at radius 2 is 2.25 bits per heavy atom. The topological polar surface area (TPSA) is 15.3 Å². The first-order chi connectivity index (χ1) is 7.79. The molecule has 0 amide bonds. The number of hydrogen-bond donors (Lipinski definition) is 1. The highest BCUT2D eigenvalue weighted by atomic mass is 32.2. The Hall–Kier alpha value is -0.670. The van der Waals surface area contributed by atoms with Gasteiger partial charge in [0.1, 0.15) is 0 Å². The van der Waals surface area contributed by atoms with Crippen molar-refractivity contribution >= 4 is 17.4 Å². The molecule has 88 valence electrons. The molecule has 0 aromatic heterocycles. The number of hydrogen-bond acceptors (Lipinski definition) is 3. The second kappa shape index (κ2) is 5.60. The molecule has 1 aromatic rings. The molecule has 0 bridgehead atoms. The molecule has 16 heavy (non-hydrogen) atoms. The van der Waals surface area contributed by atoms with Gasteiger partial charge in [-0.1, -0.05) is 18.2 Å². The number of thioether (sulfide) groups is 1. The molecular weight excluding hydrogens is 216 g/mol. The maximum atomic E-state index is 3.59. The molecule has 0 spiro atoms. The predicted octanol–water partition coefficient (Wildman–Crippen LogP) is 2.32. The third kappa shape index (κ3) is 2.92. The second-order valence-electron chi connectivity index (χ2n) is 4.46. The number of likely N-dealkylation sites (N-methyl/N-ethyl adjacent to an activating group) is 1. The van der Waals surface area contributed by atoms with Crippen molar-refractivity contribution in [2.24, 2.45) is 0 Å². The Kier molecular flexibility index (Phi) is 4.13. The molecule has 2 rings (SSSR count). The Bertz CT molecular complexity index is 315. The van der Waals surface area contributed by atoms with Crippen LogP contribution in [0.2, 0.25) is 0 Å². The lowest BCUT2D eigenvalue weighted by molar-refractivity contribution is 0.339. The molecule has 2 nitrogen and oxygen atoms in total. The van der Waals surface area contributed by atoms with E-state index in [-0.39, 0.29) is 0 Å². The molecule has 1 unspecified atom stereocenters. The molecule has 0 fully saturated rings. The van der Waals surface area contributed by atoms with Crippen LogP contribution in [0.1, 0.15) is 5.56 Å². The Balaban J connectivity index is 1.82. The van der Waals surface area contributed by atoms with Gasteiger partial charge in [-0.05, 0) is 31.4 Å². The molecule has 0 aliphatic carbocycles. The zero-order valence-electron chi connectivity index (χ0n) is 10.1. The molecule has 1 aliphatic rings. The number of rotatable bonds is 5. The van der Waals surface area contributed by atoms with E-state index in [1.165, 1.54) is 30.0 Å². The molecule has 1 atom stereocenters. The van der Waals surface area contributed by atoms with E-state index in [4.69, 9.17) is 0 Å². The molecular formula is C13H20N2S. The zero-order chi connectivity index (χ0) is 11.4. The fraction of sp³-hybridized carbons (Fsp3) is 0.538. The zero-order valence-corrected chi connectivity index (χ0v) is 10.9. The van der Waals surface area contributed by atoms with E-state index in [1.54, 1.807) is 0 Å². The van der Waals surface area contributed by atoms with Crippen molar-refractivity contribution in [3.8, 4) is 0 Å². The molecule has 0 saturated carbocycles. The summed E-state index contributed by atoms with van der Waals surface area (Å²) in [7, 11) is 2.21. The summed E-state index contributed by atoms with van der Waals surface area (Å²) >= 11 is 1.91. The average Bonchev–Trinajstić information content (AvgIpc) is 2.68. The molecule has 0 radical (unpaired) electrons. The van der Waals surface area contributed by atoms with Crippen molar-refractivity contribution in [1.82, 2.24) is 4.90 Å². The van der Waals surface area contributed by atoms with Gasteiger partial charge in [-0.3, -0.25) is 0 Å². The van der Waals surface area contributed by atoms with Crippen LogP contribution in [0, 0.1) is 0 Å². The largest absolute Gasteiger partial charge is 0.380 e. The third-order valence-corrected chi connectivity index (χ3v) is 3.64. The summed E-state index contributed by atoms with van der Waals surface area (Å²) in [6.07, 6.45) is 3.33. The summed E-state index contributed by atoms with van der Waals surface area (Å²) < 4.78 is 0. The highest BCUT2D eigenvalue weighted by molar-refractivity contribution is 7.98. The summed E-state index contributed by atoms with van der Waals surface area (Å²) in [4.78, 5) is 2.42. The van der Waals surface area contributed by atoms with Crippen molar-refractivity contribution in [2.75, 3.05) is 37.5 Å². The number of benzene rings is 1. The smallest absolute Gasteiger partial charge is 0.0429 e. The van der Waals surface area contributed by atoms with E-state index in [2.05, 4.69) is 47.8 Å². The second-order valence-corrected chi connectivity index (χ2v) is 5.44. The molecule has 1 N–H and O–H groups in total. The number of fused-ring (bicyclic) bond motifs is 1. The van der Waals surface area contributed by atoms with Gasteiger partial charge in [0.15, 0.2) is 0 Å². The Morgan fingerprint density at radius 3 is 3.00 bits per heavy atom. The van der Waals surface area contributed by atoms with Crippen LogP contribution in [0.4, 0.5) is 5.69 Å². The van der Waals surface area contributed by atoms with Crippen LogP contribution in [0.5, 0.6) is 0 Å². The van der Waals surface area contributed by atoms with E-state index in [9.17, 15) is 0 Å². The summed E-state index contributed by atoms with van der Waals surface area (Å²) in [5.74, 6) is 1.22. The van der Waals surface area contributed by atoms with Gasteiger partial charge in [-0.25, -0.2) is 0 Å². The lowest BCUT2D eigenvalue weighted by Gasteiger charge is -2.20. The summed E-state index contributed by atoms with van der Waals surface area (Å²) in [6.45, 7) is 2.31. The summed E-state index contributed by atoms with van der Waals surface area (Å²) in [5.41, 5.74) is 2.79. The van der Waals surface area contributed by atoms with E-state index in [0.717, 1.165) is 6.54 Å². The van der Waals surface area contributed by atoms with Crippen LogP contribution in [0.25, 0.3) is 0 Å². The van der Waals surface area contributed by atoms with Crippen molar-refractivity contribution in [1.29, 1.82) is 0 Å². The van der Waals surface area contributed by atoms with Gasteiger partial charge in [-0.15, -0.1) is 0 Å². The maximum absolute atomic E-state index is 3.59. The monoisotopic (exact) mass is 236 g/mol. The number of para-hydroxylation sites is 1. The average molecular weight is 236 g/mol. The molecule has 1 heterocycles. The van der Waals surface area contributed by atoms with E-state index < -0.39 is 0 Å². The lowest BCUT2D eigenvalue weighted by atomic mass is 10.1. The Labute approximate surface area is 102 Å². The van der Waals surface area contributed by atoms with Gasteiger partial charge < -0.3 is 10.2 Å². The molecule has 3 heteroatoms. The number of nitrogens with zero attached hydrogens (tertiary/aromatic N) is 1. The van der Waals surface area contributed by atoms with Crippen LogP contribution in [0.3, 0.4) is 0 Å². The minimum atomic E-state index is 0.587. The van der Waals surface area contributed by atoms with E-state index >= 15 is 0 Å². The highest BCUT2D eigenvalue weighted by Crippen LogP contribution is 2.25. The molecule has 0 saturated heterocycles. The predicted molar refractivity (Wildman–Crippen MR) is 73.4 cm³/mol. The quantitative estimate of drug-likeness (QED) is 0.844. The van der Waals surface area contributed by atoms with E-state index in [1.807, 2.05) is 11.8 Å². The Morgan fingerprint density at radius 1 is 1.44 bits per heavy atom. The van der Waals surface area contributed by atoms with Gasteiger partial charge >= 0.3 is 0 Å². The van der Waals surface area contributed by atoms with Crippen LogP contribution in [-0.2, 0) is 6.42 Å². The normalized spacial score (nSPS) is 18.6. The molecule has 1 aliphatic heterocycles. The van der Waals surface area contributed by atoms with Crippen molar-refractivity contribution in [3.63, 3.8) is 0 Å². The fourth-order valence-corrected chi connectivity index (χ4v) is 2.69. The van der Waals surface area contributed by atoms with Crippen LogP contribution in [0.15, 0.2) is 24.3 Å². The minimum Gasteiger partial charge on any atom is -0.380 e. The van der Waals surface area contributed by atoms with Crippen molar-refractivity contribution in [3.05, 3.63) is 29.8 Å². The van der Waals surface area contributed by atoms with Crippen LogP contribution < -0.4 is 5.32 Å². The summed E-state index contributed by atoms with van der Waals surface area (Å²) in [5, 5.41) is 3.59. The highest BCUT2D eigenvalue weighted by Gasteiger charge is 2.20. The first kappa shape index (κ1) is 11.8. The fourth-order valence-electron chi connectivity index (χ4n) is 2.20. The minimum absolute atomic E-state index is 0.587. The molecule has 1 aromatic carbocycles. The SMILES string of the molecule is CSCCN(C)CC1Cc2ccccc2N1. The third-order valence-electron chi connectivity index (χ3n) is 3.05. The van der Waals surface area contributed by atoms with Gasteiger partial charge in [0, 0.05) is 30.6 Å². The summed E-state index contributed by atoms with van der Waals surface area (Å²) in [6, 6.07) is 9.22. The first-order valence-electron chi connectivity index (χ1n) is 5.81. The van der Waals surface area contributed by atoms with E-state index in [0.29, 0.717) is 6.04 Å². The van der Waals surface area contributed by atoms with Gasteiger partial charge in [-0.2, -0.15) is 11.8 Å². The number of nitrogens with one attached hydrogen (secondary N) is 1. The first-order valence-corrected chi connectivity index (χ1v) is 7.21. The van der Waals surface area contributed by atoms with Gasteiger partial charge in [0.25, 0.3) is 0 Å². The van der Waals surface area contributed by atoms with Crippen LogP contribution in [-0.4, -0.2) is 43.1 Å². The van der Waals surface area contributed by atoms with Crippen LogP contribution >= 0.6 is 11.8 Å². The van der Waals surface area contributed by atoms with Crippen molar-refractivity contribution < 1.29 is 0 Å².